The van der Waals surface area contributed by atoms with Crippen LogP contribution in [0.5, 0.6) is 0 Å². The Hall–Kier alpha value is -3.46. The Balaban J connectivity index is 1.63. The van der Waals surface area contributed by atoms with Gasteiger partial charge in [0.1, 0.15) is 28.1 Å². The number of aromatic nitrogens is 2. The molecule has 3 aromatic rings. The summed E-state index contributed by atoms with van der Waals surface area (Å²) in [6.07, 6.45) is 0. The van der Waals surface area contributed by atoms with Gasteiger partial charge in [0.2, 0.25) is 0 Å². The molecule has 0 saturated carbocycles. The summed E-state index contributed by atoms with van der Waals surface area (Å²) in [5.41, 5.74) is 2.14. The van der Waals surface area contributed by atoms with E-state index in [-0.39, 0.29) is 22.1 Å². The molecule has 0 aliphatic carbocycles. The number of nitrogens with zero attached hydrogens (tertiary/aromatic N) is 6. The summed E-state index contributed by atoms with van der Waals surface area (Å²) in [4.78, 5) is 24.6. The molecule has 0 N–H and O–H groups in total. The maximum Gasteiger partial charge on any atom is 0.270 e. The van der Waals surface area contributed by atoms with Gasteiger partial charge in [0.25, 0.3) is 5.56 Å². The van der Waals surface area contributed by atoms with Crippen molar-refractivity contribution in [3.05, 3.63) is 74.2 Å². The predicted octanol–water partition coefficient (Wildman–Crippen LogP) is 3.47. The molecule has 31 heavy (non-hydrogen) atoms. The summed E-state index contributed by atoms with van der Waals surface area (Å²) in [7, 11) is 1.61. The van der Waals surface area contributed by atoms with Gasteiger partial charge in [0.05, 0.1) is 17.8 Å². The third-order valence-corrected chi connectivity index (χ3v) is 5.74. The van der Waals surface area contributed by atoms with E-state index in [1.807, 2.05) is 11.0 Å². The molecule has 3 heterocycles. The fourth-order valence-electron chi connectivity index (χ4n) is 3.90. The zero-order valence-corrected chi connectivity index (χ0v) is 17.5. The van der Waals surface area contributed by atoms with Crippen molar-refractivity contribution in [3.63, 3.8) is 0 Å². The van der Waals surface area contributed by atoms with E-state index in [1.54, 1.807) is 25.2 Å². The molecule has 1 saturated heterocycles. The first-order chi connectivity index (χ1) is 14.9. The molecule has 0 spiro atoms. The minimum Gasteiger partial charge on any atom is -0.366 e. The first-order valence-electron chi connectivity index (χ1n) is 9.65. The van der Waals surface area contributed by atoms with Gasteiger partial charge >= 0.3 is 0 Å². The number of nitriles is 1. The molecular weight excluding hydrogens is 419 g/mol. The van der Waals surface area contributed by atoms with Crippen LogP contribution in [-0.4, -0.2) is 40.6 Å². The highest BCUT2D eigenvalue weighted by molar-refractivity contribution is 6.29. The summed E-state index contributed by atoms with van der Waals surface area (Å²) in [6.45, 7) is 9.78. The van der Waals surface area contributed by atoms with Gasteiger partial charge in [-0.1, -0.05) is 17.7 Å². The summed E-state index contributed by atoms with van der Waals surface area (Å²) >= 11 is 6.11. The zero-order valence-electron chi connectivity index (χ0n) is 16.8. The fourth-order valence-corrected chi connectivity index (χ4v) is 4.05. The number of piperazine rings is 1. The van der Waals surface area contributed by atoms with Gasteiger partial charge in [-0.15, -0.1) is 0 Å². The predicted molar refractivity (Wildman–Crippen MR) is 117 cm³/mol. The van der Waals surface area contributed by atoms with Gasteiger partial charge in [-0.3, -0.25) is 9.69 Å². The number of benzene rings is 1. The SMILES string of the molecule is [C-]#[N+]c1ccc(F)c(CN2CCN(c3c(C#N)c(=O)n(C)c4ccc(Cl)nc34)CC2)c1. The molecule has 9 heteroatoms. The maximum absolute atomic E-state index is 14.2. The molecule has 1 fully saturated rings. The van der Waals surface area contributed by atoms with E-state index >= 15 is 0 Å². The number of pyridine rings is 2. The number of rotatable bonds is 3. The van der Waals surface area contributed by atoms with Crippen LogP contribution in [0.3, 0.4) is 0 Å². The number of aryl methyl sites for hydroxylation is 1. The van der Waals surface area contributed by atoms with Crippen LogP contribution in [0.4, 0.5) is 15.8 Å². The van der Waals surface area contributed by atoms with Crippen molar-refractivity contribution in [1.29, 1.82) is 5.26 Å². The minimum absolute atomic E-state index is 0.0361. The highest BCUT2D eigenvalue weighted by Gasteiger charge is 2.25. The highest BCUT2D eigenvalue weighted by atomic mass is 35.5. The Bertz CT molecular complexity index is 1310. The Kier molecular flexibility index (Phi) is 5.60. The maximum atomic E-state index is 14.2. The number of fused-ring (bicyclic) bond motifs is 1. The van der Waals surface area contributed by atoms with Crippen LogP contribution < -0.4 is 10.5 Å². The smallest absolute Gasteiger partial charge is 0.270 e. The van der Waals surface area contributed by atoms with Gasteiger partial charge in [-0.25, -0.2) is 14.2 Å². The quantitative estimate of drug-likeness (QED) is 0.464. The molecule has 1 aliphatic rings. The van der Waals surface area contributed by atoms with E-state index in [1.165, 1.54) is 16.7 Å². The summed E-state index contributed by atoms with van der Waals surface area (Å²) in [5.74, 6) is -0.335. The number of hydrogen-bond acceptors (Lipinski definition) is 5. The van der Waals surface area contributed by atoms with Gasteiger partial charge in [0, 0.05) is 39.8 Å². The van der Waals surface area contributed by atoms with E-state index in [4.69, 9.17) is 18.2 Å². The van der Waals surface area contributed by atoms with Crippen LogP contribution in [0, 0.1) is 23.7 Å². The second-order valence-electron chi connectivity index (χ2n) is 7.35. The van der Waals surface area contributed by atoms with E-state index < -0.39 is 0 Å². The van der Waals surface area contributed by atoms with Crippen molar-refractivity contribution < 1.29 is 4.39 Å². The van der Waals surface area contributed by atoms with E-state index in [0.717, 1.165) is 0 Å². The van der Waals surface area contributed by atoms with Crippen molar-refractivity contribution in [2.24, 2.45) is 7.05 Å². The van der Waals surface area contributed by atoms with Crippen LogP contribution in [0.2, 0.25) is 5.15 Å². The average molecular weight is 437 g/mol. The van der Waals surface area contributed by atoms with Crippen LogP contribution in [-0.2, 0) is 13.6 Å². The van der Waals surface area contributed by atoms with E-state index in [0.29, 0.717) is 60.7 Å². The Morgan fingerprint density at radius 2 is 2.00 bits per heavy atom. The number of anilines is 1. The molecule has 0 atom stereocenters. The first-order valence-corrected chi connectivity index (χ1v) is 10.0. The topological polar surface area (TPSA) is 69.5 Å². The number of halogens is 2. The van der Waals surface area contributed by atoms with Crippen LogP contribution >= 0.6 is 11.6 Å². The number of hydrogen-bond donors (Lipinski definition) is 0. The largest absolute Gasteiger partial charge is 0.366 e. The molecule has 1 aromatic carbocycles. The third kappa shape index (κ3) is 3.84. The lowest BCUT2D eigenvalue weighted by molar-refractivity contribution is 0.247. The van der Waals surface area contributed by atoms with Gasteiger partial charge < -0.3 is 9.47 Å². The van der Waals surface area contributed by atoms with Crippen LogP contribution in [0.15, 0.2) is 35.1 Å². The van der Waals surface area contributed by atoms with Gasteiger partial charge in [-0.2, -0.15) is 5.26 Å². The second kappa shape index (κ2) is 8.35. The van der Waals surface area contributed by atoms with Crippen molar-refractivity contribution in [2.75, 3.05) is 31.1 Å². The fraction of sp³-hybridized carbons (Fsp3) is 0.273. The molecule has 0 amide bonds. The third-order valence-electron chi connectivity index (χ3n) is 5.53. The molecule has 7 nitrogen and oxygen atoms in total. The molecule has 0 radical (unpaired) electrons. The summed E-state index contributed by atoms with van der Waals surface area (Å²) in [5, 5.41) is 9.97. The minimum atomic E-state index is -0.380. The Labute approximate surface area is 183 Å². The van der Waals surface area contributed by atoms with Crippen molar-refractivity contribution in [3.8, 4) is 6.07 Å². The van der Waals surface area contributed by atoms with Crippen molar-refractivity contribution in [1.82, 2.24) is 14.5 Å². The lowest BCUT2D eigenvalue weighted by Gasteiger charge is -2.36. The standard InChI is InChI=1S/C22H18ClFN6O/c1-26-15-3-4-17(24)14(11-15)13-29-7-9-30(10-8-29)21-16(12-25)22(31)28(2)18-5-6-19(23)27-20(18)21/h3-6,11H,7-10,13H2,2H3. The summed E-state index contributed by atoms with van der Waals surface area (Å²) in [6, 6.07) is 9.73. The zero-order chi connectivity index (χ0) is 22.1. The Morgan fingerprint density at radius 3 is 2.68 bits per heavy atom. The molecule has 156 valence electrons. The molecule has 2 aromatic heterocycles. The monoisotopic (exact) mass is 436 g/mol. The molecule has 0 unspecified atom stereocenters. The normalized spacial score (nSPS) is 14.4. The van der Waals surface area contributed by atoms with E-state index in [2.05, 4.69) is 14.7 Å². The van der Waals surface area contributed by atoms with Crippen LogP contribution in [0.25, 0.3) is 15.9 Å². The first kappa shape index (κ1) is 20.8. The second-order valence-corrected chi connectivity index (χ2v) is 7.74. The molecule has 4 rings (SSSR count). The lowest BCUT2D eigenvalue weighted by Crippen LogP contribution is -2.47. The molecular formula is C22H18ClFN6O. The lowest BCUT2D eigenvalue weighted by atomic mass is 10.1. The summed E-state index contributed by atoms with van der Waals surface area (Å²) < 4.78 is 15.6. The molecule has 0 bridgehead atoms. The van der Waals surface area contributed by atoms with Crippen LogP contribution in [0.1, 0.15) is 11.1 Å². The van der Waals surface area contributed by atoms with Gasteiger partial charge in [0.15, 0.2) is 5.69 Å². The van der Waals surface area contributed by atoms with Crippen molar-refractivity contribution >= 4 is 34.0 Å². The molecule has 1 aliphatic heterocycles. The van der Waals surface area contributed by atoms with E-state index in [9.17, 15) is 14.4 Å². The van der Waals surface area contributed by atoms with Crippen molar-refractivity contribution in [2.45, 2.75) is 6.54 Å². The average Bonchev–Trinajstić information content (AvgIpc) is 2.78. The van der Waals surface area contributed by atoms with Gasteiger partial charge in [-0.05, 0) is 29.8 Å². The highest BCUT2D eigenvalue weighted by Crippen LogP contribution is 2.29. The Morgan fingerprint density at radius 1 is 1.26 bits per heavy atom.